The molecule has 1 saturated carbocycles. The van der Waals surface area contributed by atoms with Crippen LogP contribution in [0.4, 0.5) is 4.79 Å². The van der Waals surface area contributed by atoms with Crippen LogP contribution in [0.1, 0.15) is 42.3 Å². The van der Waals surface area contributed by atoms with Crippen molar-refractivity contribution in [2.45, 2.75) is 43.7 Å². The summed E-state index contributed by atoms with van der Waals surface area (Å²) in [7, 11) is 0. The van der Waals surface area contributed by atoms with E-state index in [4.69, 9.17) is 0 Å². The first-order valence-corrected chi connectivity index (χ1v) is 9.43. The Bertz CT molecular complexity index is 764. The molecule has 0 unspecified atom stereocenters. The molecule has 5 nitrogen and oxygen atoms in total. The van der Waals surface area contributed by atoms with Gasteiger partial charge < -0.3 is 10.2 Å². The lowest BCUT2D eigenvalue weighted by molar-refractivity contribution is 0.167. The first-order chi connectivity index (χ1) is 12.3. The van der Waals surface area contributed by atoms with Crippen molar-refractivity contribution in [1.82, 2.24) is 20.0 Å². The fraction of sp³-hybridized carbons (Fsp3) is 0.500. The molecule has 0 bridgehead atoms. The number of likely N-dealkylation sites (tertiary alicyclic amines) is 1. The molecule has 2 fully saturated rings. The van der Waals surface area contributed by atoms with Gasteiger partial charge >= 0.3 is 6.03 Å². The summed E-state index contributed by atoms with van der Waals surface area (Å²) < 4.78 is 2.03. The molecule has 130 valence electrons. The highest BCUT2D eigenvalue weighted by Crippen LogP contribution is 2.54. The Morgan fingerprint density at radius 2 is 1.96 bits per heavy atom. The van der Waals surface area contributed by atoms with Crippen molar-refractivity contribution < 1.29 is 4.79 Å². The summed E-state index contributed by atoms with van der Waals surface area (Å²) in [5.41, 5.74) is 2.93. The lowest BCUT2D eigenvalue weighted by atomic mass is 9.92. The van der Waals surface area contributed by atoms with E-state index < -0.39 is 0 Å². The molecule has 3 aliphatic rings. The average Bonchev–Trinajstić information content (AvgIpc) is 3.09. The minimum atomic E-state index is 0.121. The molecule has 25 heavy (non-hydrogen) atoms. The first kappa shape index (κ1) is 15.0. The summed E-state index contributed by atoms with van der Waals surface area (Å²) in [5.74, 6) is 1.18. The van der Waals surface area contributed by atoms with Crippen LogP contribution in [0.5, 0.6) is 0 Å². The topological polar surface area (TPSA) is 50.2 Å². The van der Waals surface area contributed by atoms with E-state index in [-0.39, 0.29) is 6.03 Å². The fourth-order valence-corrected chi connectivity index (χ4v) is 4.83. The molecule has 2 aliphatic carbocycles. The van der Waals surface area contributed by atoms with E-state index in [9.17, 15) is 4.79 Å². The number of hydrogen-bond acceptors (Lipinski definition) is 2. The molecular formula is C20H24N4O. The Morgan fingerprint density at radius 3 is 2.76 bits per heavy atom. The second kappa shape index (κ2) is 5.90. The van der Waals surface area contributed by atoms with Gasteiger partial charge in [0.2, 0.25) is 0 Å². The van der Waals surface area contributed by atoms with E-state index in [1.165, 1.54) is 17.5 Å². The minimum Gasteiger partial charge on any atom is -0.334 e. The van der Waals surface area contributed by atoms with Crippen molar-refractivity contribution in [2.24, 2.45) is 5.92 Å². The normalized spacial score (nSPS) is 28.2. The molecule has 5 rings (SSSR count). The number of piperidine rings is 1. The molecule has 2 aromatic rings. The molecule has 0 spiro atoms. The van der Waals surface area contributed by atoms with Gasteiger partial charge in [-0.2, -0.15) is 5.10 Å². The van der Waals surface area contributed by atoms with Crippen LogP contribution < -0.4 is 5.32 Å². The van der Waals surface area contributed by atoms with Crippen LogP contribution in [-0.2, 0) is 6.42 Å². The van der Waals surface area contributed by atoms with Gasteiger partial charge in [-0.25, -0.2) is 4.79 Å². The predicted molar refractivity (Wildman–Crippen MR) is 95.4 cm³/mol. The molecule has 0 radical (unpaired) electrons. The van der Waals surface area contributed by atoms with E-state index in [2.05, 4.69) is 34.7 Å². The smallest absolute Gasteiger partial charge is 0.317 e. The SMILES string of the molecule is O=C(N[C@@H]1[C@H]2CCc3ccccc3[C@H]21)N1CCC(n2cccn2)CC1. The molecule has 5 heteroatoms. The number of aryl methyl sites for hydroxylation is 1. The zero-order valence-corrected chi connectivity index (χ0v) is 14.3. The molecule has 1 aromatic carbocycles. The van der Waals surface area contributed by atoms with Crippen LogP contribution >= 0.6 is 0 Å². The Balaban J connectivity index is 1.19. The number of amides is 2. The van der Waals surface area contributed by atoms with E-state index >= 15 is 0 Å². The highest BCUT2D eigenvalue weighted by Gasteiger charge is 2.54. The number of nitrogens with zero attached hydrogens (tertiary/aromatic N) is 3. The number of hydrogen-bond donors (Lipinski definition) is 1. The van der Waals surface area contributed by atoms with Crippen molar-refractivity contribution in [1.29, 1.82) is 0 Å². The van der Waals surface area contributed by atoms with Crippen LogP contribution in [0, 0.1) is 5.92 Å². The van der Waals surface area contributed by atoms with Crippen LogP contribution in [-0.4, -0.2) is 39.8 Å². The second-order valence-electron chi connectivity index (χ2n) is 7.61. The summed E-state index contributed by atoms with van der Waals surface area (Å²) in [6, 6.07) is 11.6. The maximum absolute atomic E-state index is 12.7. The molecule has 1 saturated heterocycles. The summed E-state index contributed by atoms with van der Waals surface area (Å²) >= 11 is 0. The van der Waals surface area contributed by atoms with E-state index in [1.54, 1.807) is 0 Å². The van der Waals surface area contributed by atoms with Crippen molar-refractivity contribution in [2.75, 3.05) is 13.1 Å². The second-order valence-corrected chi connectivity index (χ2v) is 7.61. The highest BCUT2D eigenvalue weighted by atomic mass is 16.2. The number of urea groups is 1. The maximum Gasteiger partial charge on any atom is 0.317 e. The Morgan fingerprint density at radius 1 is 1.12 bits per heavy atom. The summed E-state index contributed by atoms with van der Waals surface area (Å²) in [5, 5.41) is 7.66. The summed E-state index contributed by atoms with van der Waals surface area (Å²) in [6.45, 7) is 1.63. The van der Waals surface area contributed by atoms with Crippen molar-refractivity contribution in [3.8, 4) is 0 Å². The fourth-order valence-electron chi connectivity index (χ4n) is 4.83. The van der Waals surface area contributed by atoms with Gasteiger partial charge in [0.1, 0.15) is 0 Å². The molecule has 2 heterocycles. The van der Waals surface area contributed by atoms with Crippen molar-refractivity contribution in [3.63, 3.8) is 0 Å². The van der Waals surface area contributed by atoms with Crippen molar-refractivity contribution >= 4 is 6.03 Å². The number of carbonyl (C=O) groups excluding carboxylic acids is 1. The van der Waals surface area contributed by atoms with Gasteiger partial charge in [-0.3, -0.25) is 4.68 Å². The Hall–Kier alpha value is -2.30. The number of carbonyl (C=O) groups is 1. The third kappa shape index (κ3) is 2.62. The Kier molecular flexibility index (Phi) is 3.54. The van der Waals surface area contributed by atoms with Crippen LogP contribution in [0.2, 0.25) is 0 Å². The monoisotopic (exact) mass is 336 g/mol. The number of rotatable bonds is 2. The van der Waals surface area contributed by atoms with Gasteiger partial charge in [0.25, 0.3) is 0 Å². The molecule has 3 atom stereocenters. The van der Waals surface area contributed by atoms with Crippen LogP contribution in [0.3, 0.4) is 0 Å². The van der Waals surface area contributed by atoms with Gasteiger partial charge in [-0.15, -0.1) is 0 Å². The standard InChI is InChI=1S/C20H24N4O/c25-20(23-12-8-15(9-13-23)24-11-3-10-21-24)22-19-17-7-6-14-4-1-2-5-16(14)18(17)19/h1-5,10-11,15,17-19H,6-9,12-13H2,(H,22,25)/t17-,18+,19+/m0/s1. The van der Waals surface area contributed by atoms with Crippen LogP contribution in [0.15, 0.2) is 42.7 Å². The van der Waals surface area contributed by atoms with Gasteiger partial charge in [0, 0.05) is 37.4 Å². The number of nitrogens with one attached hydrogen (secondary N) is 1. The number of aromatic nitrogens is 2. The molecule has 1 N–H and O–H groups in total. The zero-order valence-electron chi connectivity index (χ0n) is 14.3. The van der Waals surface area contributed by atoms with E-state index in [0.29, 0.717) is 23.9 Å². The summed E-state index contributed by atoms with van der Waals surface area (Å²) in [4.78, 5) is 14.7. The van der Waals surface area contributed by atoms with Gasteiger partial charge in [0.15, 0.2) is 0 Å². The van der Waals surface area contributed by atoms with Crippen molar-refractivity contribution in [3.05, 3.63) is 53.9 Å². The van der Waals surface area contributed by atoms with E-state index in [0.717, 1.165) is 32.4 Å². The predicted octanol–water partition coefficient (Wildman–Crippen LogP) is 2.96. The summed E-state index contributed by atoms with van der Waals surface area (Å²) in [6.07, 6.45) is 8.16. The zero-order chi connectivity index (χ0) is 16.8. The third-order valence-corrected chi connectivity index (χ3v) is 6.27. The molecule has 1 aromatic heterocycles. The maximum atomic E-state index is 12.7. The van der Waals surface area contributed by atoms with E-state index in [1.807, 2.05) is 28.0 Å². The molecule has 2 amide bonds. The largest absolute Gasteiger partial charge is 0.334 e. The minimum absolute atomic E-state index is 0.121. The van der Waals surface area contributed by atoms with Crippen LogP contribution in [0.25, 0.3) is 0 Å². The number of benzene rings is 1. The average molecular weight is 336 g/mol. The van der Waals surface area contributed by atoms with Gasteiger partial charge in [-0.05, 0) is 48.8 Å². The lowest BCUT2D eigenvalue weighted by Gasteiger charge is -2.32. The molecular weight excluding hydrogens is 312 g/mol. The number of fused-ring (bicyclic) bond motifs is 3. The van der Waals surface area contributed by atoms with Gasteiger partial charge in [-0.1, -0.05) is 24.3 Å². The third-order valence-electron chi connectivity index (χ3n) is 6.27. The molecule has 1 aliphatic heterocycles. The van der Waals surface area contributed by atoms with Gasteiger partial charge in [0.05, 0.1) is 6.04 Å². The lowest BCUT2D eigenvalue weighted by Crippen LogP contribution is -2.46. The first-order valence-electron chi connectivity index (χ1n) is 9.43. The quantitative estimate of drug-likeness (QED) is 0.917. The Labute approximate surface area is 148 Å². The highest BCUT2D eigenvalue weighted by molar-refractivity contribution is 5.75.